The van der Waals surface area contributed by atoms with Crippen molar-refractivity contribution in [2.45, 2.75) is 11.3 Å². The number of rotatable bonds is 3. The van der Waals surface area contributed by atoms with E-state index in [0.29, 0.717) is 11.4 Å². The van der Waals surface area contributed by atoms with Crippen LogP contribution < -0.4 is 0 Å². The van der Waals surface area contributed by atoms with Crippen LogP contribution in [0.15, 0.2) is 59.0 Å². The minimum absolute atomic E-state index is 0.0761. The molecule has 0 aromatic heterocycles. The molecular weight excluding hydrogens is 364 g/mol. The van der Waals surface area contributed by atoms with Gasteiger partial charge in [-0.1, -0.05) is 47.6 Å². The van der Waals surface area contributed by atoms with Gasteiger partial charge >= 0.3 is 0 Å². The molecule has 0 radical (unpaired) electrons. The van der Waals surface area contributed by atoms with Crippen LogP contribution in [0.1, 0.15) is 17.5 Å². The van der Waals surface area contributed by atoms with E-state index in [9.17, 15) is 13.2 Å². The molecule has 3 nitrogen and oxygen atoms in total. The summed E-state index contributed by atoms with van der Waals surface area (Å²) in [7, 11) is -3.25. The first-order valence-corrected chi connectivity index (χ1v) is 10.6. The molecule has 0 atom stereocenters. The van der Waals surface area contributed by atoms with Gasteiger partial charge in [-0.05, 0) is 47.4 Å². The number of thioether (sulfide) groups is 1. The summed E-state index contributed by atoms with van der Waals surface area (Å²) in [6.07, 6.45) is 1.88. The summed E-state index contributed by atoms with van der Waals surface area (Å²) < 4.78 is 23.3. The monoisotopic (exact) mass is 378 g/mol. The van der Waals surface area contributed by atoms with Crippen molar-refractivity contribution in [3.05, 3.63) is 70.3 Å². The van der Waals surface area contributed by atoms with E-state index in [-0.39, 0.29) is 10.0 Å². The number of carbonyl (C=O) groups excluding carboxylic acids is 1. The maximum Gasteiger partial charge on any atom is 0.216 e. The van der Waals surface area contributed by atoms with Gasteiger partial charge in [-0.25, -0.2) is 8.42 Å². The Bertz CT molecular complexity index is 912. The van der Waals surface area contributed by atoms with E-state index < -0.39 is 9.84 Å². The number of halogens is 1. The highest BCUT2D eigenvalue weighted by atomic mass is 35.5. The van der Waals surface area contributed by atoms with E-state index >= 15 is 0 Å². The quantitative estimate of drug-likeness (QED) is 0.751. The predicted molar refractivity (Wildman–Crippen MR) is 99.1 cm³/mol. The molecule has 0 amide bonds. The van der Waals surface area contributed by atoms with Crippen LogP contribution in [0.4, 0.5) is 0 Å². The van der Waals surface area contributed by atoms with Crippen molar-refractivity contribution in [3.63, 3.8) is 0 Å². The topological polar surface area (TPSA) is 51.2 Å². The van der Waals surface area contributed by atoms with Crippen molar-refractivity contribution in [2.75, 3.05) is 12.0 Å². The Hall–Kier alpha value is -1.56. The maximum atomic E-state index is 12.2. The lowest BCUT2D eigenvalue weighted by molar-refractivity contribution is -0.107. The molecule has 1 fully saturated rings. The third kappa shape index (κ3) is 3.58. The van der Waals surface area contributed by atoms with Crippen LogP contribution in [0.25, 0.3) is 5.57 Å². The third-order valence-corrected chi connectivity index (χ3v) is 6.13. The maximum absolute atomic E-state index is 12.2. The van der Waals surface area contributed by atoms with Gasteiger partial charge in [-0.15, -0.1) is 0 Å². The van der Waals surface area contributed by atoms with Crippen LogP contribution in [0, 0.1) is 0 Å². The fraction of sp³-hybridized carbons (Fsp3) is 0.167. The zero-order valence-electron chi connectivity index (χ0n) is 13.0. The molecule has 0 aliphatic carbocycles. The molecule has 1 heterocycles. The Morgan fingerprint density at radius 3 is 2.00 bits per heavy atom. The van der Waals surface area contributed by atoms with Gasteiger partial charge in [0, 0.05) is 22.6 Å². The van der Waals surface area contributed by atoms with Crippen molar-refractivity contribution < 1.29 is 13.2 Å². The second-order valence-electron chi connectivity index (χ2n) is 5.54. The standard InChI is InChI=1S/C18H15ClO3S2/c1-24(21,22)15-8-4-13(5-9-15)17(16-10-11-23-18(16)20)12-2-6-14(19)7-3-12/h2-9H,10-11H2,1H3. The van der Waals surface area contributed by atoms with Crippen molar-refractivity contribution in [2.24, 2.45) is 0 Å². The van der Waals surface area contributed by atoms with E-state index in [1.54, 1.807) is 36.4 Å². The molecule has 0 saturated carbocycles. The van der Waals surface area contributed by atoms with Crippen LogP contribution in [0.3, 0.4) is 0 Å². The fourth-order valence-electron chi connectivity index (χ4n) is 2.66. The summed E-state index contributed by atoms with van der Waals surface area (Å²) in [5.41, 5.74) is 3.35. The van der Waals surface area contributed by atoms with Crippen molar-refractivity contribution in [3.8, 4) is 0 Å². The average Bonchev–Trinajstić information content (AvgIpc) is 2.95. The van der Waals surface area contributed by atoms with Crippen molar-refractivity contribution >= 4 is 43.9 Å². The van der Waals surface area contributed by atoms with Gasteiger partial charge in [0.25, 0.3) is 0 Å². The first-order valence-electron chi connectivity index (χ1n) is 7.33. The van der Waals surface area contributed by atoms with Gasteiger partial charge in [-0.2, -0.15) is 0 Å². The lowest BCUT2D eigenvalue weighted by Crippen LogP contribution is -2.00. The molecular formula is C18H15ClO3S2. The normalized spacial score (nSPS) is 17.2. The first kappa shape index (κ1) is 17.3. The van der Waals surface area contributed by atoms with Crippen LogP contribution in [-0.2, 0) is 14.6 Å². The van der Waals surface area contributed by atoms with E-state index in [1.165, 1.54) is 18.0 Å². The Morgan fingerprint density at radius 1 is 1.00 bits per heavy atom. The zero-order chi connectivity index (χ0) is 17.3. The van der Waals surface area contributed by atoms with Gasteiger partial charge in [0.2, 0.25) is 5.12 Å². The largest absolute Gasteiger partial charge is 0.282 e. The Kier molecular flexibility index (Phi) is 4.85. The molecule has 1 aliphatic heterocycles. The van der Waals surface area contributed by atoms with Crippen LogP contribution in [0.5, 0.6) is 0 Å². The first-order chi connectivity index (χ1) is 11.4. The number of hydrogen-bond acceptors (Lipinski definition) is 4. The zero-order valence-corrected chi connectivity index (χ0v) is 15.3. The molecule has 124 valence electrons. The second-order valence-corrected chi connectivity index (χ2v) is 9.06. The lowest BCUT2D eigenvalue weighted by atomic mass is 9.92. The molecule has 1 saturated heterocycles. The Balaban J connectivity index is 2.16. The highest BCUT2D eigenvalue weighted by Gasteiger charge is 2.24. The van der Waals surface area contributed by atoms with E-state index in [1.807, 2.05) is 12.1 Å². The minimum Gasteiger partial charge on any atom is -0.282 e. The lowest BCUT2D eigenvalue weighted by Gasteiger charge is -2.12. The summed E-state index contributed by atoms with van der Waals surface area (Å²) in [5, 5.41) is 0.704. The number of benzene rings is 2. The summed E-state index contributed by atoms with van der Waals surface area (Å²) >= 11 is 7.28. The summed E-state index contributed by atoms with van der Waals surface area (Å²) in [5.74, 6) is 0.771. The molecule has 24 heavy (non-hydrogen) atoms. The summed E-state index contributed by atoms with van der Waals surface area (Å²) in [4.78, 5) is 12.5. The van der Waals surface area contributed by atoms with Gasteiger partial charge in [0.05, 0.1) is 4.90 Å². The highest BCUT2D eigenvalue weighted by molar-refractivity contribution is 8.14. The molecule has 6 heteroatoms. The molecule has 2 aromatic carbocycles. The molecule has 0 N–H and O–H groups in total. The summed E-state index contributed by atoms with van der Waals surface area (Å²) in [6, 6.07) is 14.0. The fourth-order valence-corrected chi connectivity index (χ4v) is 4.29. The highest BCUT2D eigenvalue weighted by Crippen LogP contribution is 2.36. The number of hydrogen-bond donors (Lipinski definition) is 0. The molecule has 0 unspecified atom stereocenters. The van der Waals surface area contributed by atoms with Crippen LogP contribution in [-0.4, -0.2) is 25.5 Å². The summed E-state index contributed by atoms with van der Waals surface area (Å²) in [6.45, 7) is 0. The Labute approximate surface area is 150 Å². The molecule has 1 aliphatic rings. The van der Waals surface area contributed by atoms with Crippen molar-refractivity contribution in [1.82, 2.24) is 0 Å². The smallest absolute Gasteiger partial charge is 0.216 e. The molecule has 0 bridgehead atoms. The molecule has 3 rings (SSSR count). The SMILES string of the molecule is CS(=O)(=O)c1ccc(C(=C2CCSC2=O)c2ccc(Cl)cc2)cc1. The van der Waals surface area contributed by atoms with E-state index in [4.69, 9.17) is 11.6 Å². The van der Waals surface area contributed by atoms with Gasteiger partial charge < -0.3 is 0 Å². The van der Waals surface area contributed by atoms with E-state index in [0.717, 1.165) is 28.0 Å². The number of sulfone groups is 1. The Morgan fingerprint density at radius 2 is 1.54 bits per heavy atom. The van der Waals surface area contributed by atoms with E-state index in [2.05, 4.69) is 0 Å². The average molecular weight is 379 g/mol. The second kappa shape index (κ2) is 6.75. The van der Waals surface area contributed by atoms with Crippen LogP contribution in [0.2, 0.25) is 5.02 Å². The molecule has 0 spiro atoms. The number of carbonyl (C=O) groups is 1. The third-order valence-electron chi connectivity index (χ3n) is 3.84. The minimum atomic E-state index is -3.25. The van der Waals surface area contributed by atoms with Gasteiger partial charge in [0.1, 0.15) is 0 Å². The molecule has 2 aromatic rings. The van der Waals surface area contributed by atoms with Gasteiger partial charge in [-0.3, -0.25) is 4.79 Å². The predicted octanol–water partition coefficient (Wildman–Crippen LogP) is 4.21. The van der Waals surface area contributed by atoms with Gasteiger partial charge in [0.15, 0.2) is 9.84 Å². The van der Waals surface area contributed by atoms with Crippen LogP contribution >= 0.6 is 23.4 Å². The van der Waals surface area contributed by atoms with Crippen molar-refractivity contribution in [1.29, 1.82) is 0 Å².